The number of para-hydroxylation sites is 1. The summed E-state index contributed by atoms with van der Waals surface area (Å²) in [6, 6.07) is 9.29. The van der Waals surface area contributed by atoms with Crippen molar-refractivity contribution >= 4 is 27.5 Å². The van der Waals surface area contributed by atoms with Crippen LogP contribution in [0, 0.1) is 11.8 Å². The van der Waals surface area contributed by atoms with E-state index >= 15 is 0 Å². The van der Waals surface area contributed by atoms with Crippen LogP contribution in [0.1, 0.15) is 36.6 Å². The Bertz CT molecular complexity index is 1220. The molecule has 5 rings (SSSR count). The van der Waals surface area contributed by atoms with Crippen LogP contribution in [0.2, 0.25) is 0 Å². The topological polar surface area (TPSA) is 107 Å². The molecule has 0 bridgehead atoms. The summed E-state index contributed by atoms with van der Waals surface area (Å²) in [5.41, 5.74) is 1.41. The van der Waals surface area contributed by atoms with Gasteiger partial charge in [0.15, 0.2) is 5.69 Å². The molecule has 4 heterocycles. The Morgan fingerprint density at radius 3 is 2.44 bits per heavy atom. The molecule has 0 unspecified atom stereocenters. The van der Waals surface area contributed by atoms with Gasteiger partial charge in [0.05, 0.1) is 30.8 Å². The summed E-state index contributed by atoms with van der Waals surface area (Å²) in [5.74, 6) is -0.936. The van der Waals surface area contributed by atoms with Crippen molar-refractivity contribution in [2.24, 2.45) is 11.8 Å². The van der Waals surface area contributed by atoms with Gasteiger partial charge in [-0.15, -0.1) is 0 Å². The van der Waals surface area contributed by atoms with Gasteiger partial charge in [-0.05, 0) is 24.5 Å². The normalized spacial score (nSPS) is 25.2. The fourth-order valence-corrected chi connectivity index (χ4v) is 7.06. The largest absolute Gasteiger partial charge is 0.447 e. The lowest BCUT2D eigenvalue weighted by Crippen LogP contribution is -2.46. The number of carbonyl (C=O) groups excluding carboxylic acids is 2. The first kappa shape index (κ1) is 24.8. The summed E-state index contributed by atoms with van der Waals surface area (Å²) in [5, 5.41) is 0. The number of fused-ring (bicyclic) bond motifs is 1. The van der Waals surface area contributed by atoms with Gasteiger partial charge in [-0.2, -0.15) is 0 Å². The molecular formula is C25H33N5O5S. The number of likely N-dealkylation sites (tertiary alicyclic amines) is 1. The number of hydrogen-bond donors (Lipinski definition) is 0. The minimum Gasteiger partial charge on any atom is -0.447 e. The molecule has 3 aliphatic heterocycles. The molecule has 3 aliphatic rings. The molecule has 0 radical (unpaired) electrons. The number of rotatable bonds is 6. The number of benzene rings is 1. The second-order valence-corrected chi connectivity index (χ2v) is 12.1. The third kappa shape index (κ3) is 4.50. The van der Waals surface area contributed by atoms with Crippen LogP contribution in [-0.2, 0) is 21.4 Å². The molecule has 3 fully saturated rings. The fourth-order valence-electron chi connectivity index (χ4n) is 5.89. The van der Waals surface area contributed by atoms with Crippen molar-refractivity contribution in [2.75, 3.05) is 43.9 Å². The third-order valence-corrected chi connectivity index (χ3v) is 8.72. The third-order valence-electron chi connectivity index (χ3n) is 7.55. The van der Waals surface area contributed by atoms with Gasteiger partial charge in [-0.1, -0.05) is 32.0 Å². The Kier molecular flexibility index (Phi) is 6.54. The molecule has 10 nitrogen and oxygen atoms in total. The fraction of sp³-hybridized carbons (Fsp3) is 0.560. The van der Waals surface area contributed by atoms with E-state index in [-0.39, 0.29) is 17.5 Å². The molecule has 11 heteroatoms. The second kappa shape index (κ2) is 9.51. The molecule has 36 heavy (non-hydrogen) atoms. The van der Waals surface area contributed by atoms with Crippen LogP contribution in [0.5, 0.6) is 0 Å². The Labute approximate surface area is 211 Å². The van der Waals surface area contributed by atoms with Gasteiger partial charge in [0.25, 0.3) is 5.91 Å². The van der Waals surface area contributed by atoms with Gasteiger partial charge in [-0.25, -0.2) is 17.7 Å². The van der Waals surface area contributed by atoms with Crippen LogP contribution in [0.15, 0.2) is 41.0 Å². The van der Waals surface area contributed by atoms with E-state index in [2.05, 4.69) is 26.9 Å². The average molecular weight is 516 g/mol. The summed E-state index contributed by atoms with van der Waals surface area (Å²) in [6.07, 6.45) is 2.86. The number of amides is 2. The van der Waals surface area contributed by atoms with Crippen LogP contribution in [0.3, 0.4) is 0 Å². The quantitative estimate of drug-likeness (QED) is 0.572. The SMILES string of the molecule is CC(C)[C@@H]1C(=O)N(S(C)(=O)=O)[C@@H]2CCN(C(=O)c3coc(CN4CCN(c5ccccc5)CC4)n3)[C@H]21. The van der Waals surface area contributed by atoms with E-state index in [1.165, 1.54) is 12.0 Å². The van der Waals surface area contributed by atoms with Gasteiger partial charge in [0.2, 0.25) is 21.8 Å². The van der Waals surface area contributed by atoms with E-state index in [1.807, 2.05) is 32.0 Å². The molecule has 1 aromatic carbocycles. The van der Waals surface area contributed by atoms with Crippen molar-refractivity contribution in [2.45, 2.75) is 38.9 Å². The van der Waals surface area contributed by atoms with Crippen molar-refractivity contribution in [3.05, 3.63) is 48.2 Å². The van der Waals surface area contributed by atoms with Crippen LogP contribution < -0.4 is 4.90 Å². The van der Waals surface area contributed by atoms with E-state index in [0.717, 1.165) is 36.7 Å². The number of nitrogens with zero attached hydrogens (tertiary/aromatic N) is 5. The number of oxazole rings is 1. The lowest BCUT2D eigenvalue weighted by Gasteiger charge is -2.35. The summed E-state index contributed by atoms with van der Waals surface area (Å²) in [6.45, 7) is 8.17. The highest BCUT2D eigenvalue weighted by molar-refractivity contribution is 7.88. The summed E-state index contributed by atoms with van der Waals surface area (Å²) in [4.78, 5) is 37.1. The maximum Gasteiger partial charge on any atom is 0.276 e. The molecule has 0 aliphatic carbocycles. The predicted octanol–water partition coefficient (Wildman–Crippen LogP) is 1.65. The Morgan fingerprint density at radius 2 is 1.81 bits per heavy atom. The van der Waals surface area contributed by atoms with Gasteiger partial charge in [0, 0.05) is 38.4 Å². The minimum absolute atomic E-state index is 0.104. The van der Waals surface area contributed by atoms with E-state index in [9.17, 15) is 18.0 Å². The first-order valence-corrected chi connectivity index (χ1v) is 14.3. The molecule has 2 amide bonds. The standard InChI is InChI=1S/C25H33N5O5S/c1-17(2)22-23-20(30(25(22)32)36(3,33)34)9-10-29(23)24(31)19-16-35-21(26-19)15-27-11-13-28(14-12-27)18-7-5-4-6-8-18/h4-8,16-17,20,22-23H,9-15H2,1-3H3/t20-,22+,23-/m1/s1. The summed E-state index contributed by atoms with van der Waals surface area (Å²) >= 11 is 0. The monoisotopic (exact) mass is 515 g/mol. The Hall–Kier alpha value is -2.92. The zero-order valence-corrected chi connectivity index (χ0v) is 21.7. The van der Waals surface area contributed by atoms with Crippen molar-refractivity contribution in [1.29, 1.82) is 0 Å². The lowest BCUT2D eigenvalue weighted by atomic mass is 9.88. The van der Waals surface area contributed by atoms with Crippen molar-refractivity contribution < 1.29 is 22.4 Å². The lowest BCUT2D eigenvalue weighted by molar-refractivity contribution is -0.129. The molecule has 194 valence electrons. The first-order valence-electron chi connectivity index (χ1n) is 12.5. The number of hydrogen-bond acceptors (Lipinski definition) is 8. The van der Waals surface area contributed by atoms with Gasteiger partial charge in [0.1, 0.15) is 6.26 Å². The van der Waals surface area contributed by atoms with E-state index in [0.29, 0.717) is 25.4 Å². The molecule has 3 saturated heterocycles. The number of piperazine rings is 1. The molecule has 1 aromatic heterocycles. The second-order valence-electron chi connectivity index (χ2n) is 10.2. The maximum atomic E-state index is 13.4. The molecular weight excluding hydrogens is 482 g/mol. The Morgan fingerprint density at radius 1 is 1.11 bits per heavy atom. The first-order chi connectivity index (χ1) is 17.1. The van der Waals surface area contributed by atoms with Crippen LogP contribution in [-0.4, -0.2) is 90.4 Å². The molecule has 2 aromatic rings. The van der Waals surface area contributed by atoms with Crippen LogP contribution in [0.4, 0.5) is 5.69 Å². The zero-order chi connectivity index (χ0) is 25.6. The highest BCUT2D eigenvalue weighted by Gasteiger charge is 2.58. The number of sulfonamides is 1. The molecule has 0 N–H and O–H groups in total. The van der Waals surface area contributed by atoms with E-state index in [1.54, 1.807) is 4.90 Å². The number of aromatic nitrogens is 1. The van der Waals surface area contributed by atoms with Crippen molar-refractivity contribution in [1.82, 2.24) is 19.1 Å². The molecule has 3 atom stereocenters. The molecule has 0 spiro atoms. The summed E-state index contributed by atoms with van der Waals surface area (Å²) < 4.78 is 31.4. The number of carbonyl (C=O) groups is 2. The van der Waals surface area contributed by atoms with Gasteiger partial charge in [-0.3, -0.25) is 14.5 Å². The van der Waals surface area contributed by atoms with Gasteiger partial charge >= 0.3 is 0 Å². The smallest absolute Gasteiger partial charge is 0.276 e. The van der Waals surface area contributed by atoms with Crippen LogP contribution >= 0.6 is 0 Å². The highest BCUT2D eigenvalue weighted by atomic mass is 32.2. The number of anilines is 1. The minimum atomic E-state index is -3.72. The molecule has 0 saturated carbocycles. The summed E-state index contributed by atoms with van der Waals surface area (Å²) in [7, 11) is -3.72. The highest BCUT2D eigenvalue weighted by Crippen LogP contribution is 2.41. The van der Waals surface area contributed by atoms with Gasteiger partial charge < -0.3 is 14.2 Å². The van der Waals surface area contributed by atoms with Crippen molar-refractivity contribution in [3.63, 3.8) is 0 Å². The zero-order valence-electron chi connectivity index (χ0n) is 20.9. The average Bonchev–Trinajstić information content (AvgIpc) is 3.53. The Balaban J connectivity index is 1.25. The predicted molar refractivity (Wildman–Crippen MR) is 134 cm³/mol. The van der Waals surface area contributed by atoms with E-state index in [4.69, 9.17) is 4.42 Å². The van der Waals surface area contributed by atoms with Crippen LogP contribution in [0.25, 0.3) is 0 Å². The maximum absolute atomic E-state index is 13.4. The van der Waals surface area contributed by atoms with E-state index < -0.39 is 33.9 Å². The van der Waals surface area contributed by atoms with Crippen molar-refractivity contribution in [3.8, 4) is 0 Å².